The second-order valence-electron chi connectivity index (χ2n) is 3.56. The number of hydrogen-bond donors (Lipinski definition) is 4. The molecule has 0 aliphatic heterocycles. The van der Waals surface area contributed by atoms with Crippen molar-refractivity contribution in [3.63, 3.8) is 0 Å². The Morgan fingerprint density at radius 2 is 1.93 bits per heavy atom. The number of amides is 2. The maximum absolute atomic E-state index is 10.9. The quantitative estimate of drug-likeness (QED) is 0.399. The molecule has 2 atom stereocenters. The van der Waals surface area contributed by atoms with Crippen LogP contribution in [0.5, 0.6) is 0 Å². The fraction of sp³-hybridized carbons (Fsp3) is 0.750. The monoisotopic (exact) mass is 202 g/mol. The summed E-state index contributed by atoms with van der Waals surface area (Å²) in [5.41, 5.74) is 14.7. The van der Waals surface area contributed by atoms with Crippen LogP contribution in [-0.2, 0) is 9.59 Å². The van der Waals surface area contributed by atoms with E-state index in [4.69, 9.17) is 17.2 Å². The molecule has 2 unspecified atom stereocenters. The Morgan fingerprint density at radius 1 is 1.43 bits per heavy atom. The summed E-state index contributed by atoms with van der Waals surface area (Å²) in [5, 5.41) is 2.73. The lowest BCUT2D eigenvalue weighted by Crippen LogP contribution is -2.51. The third kappa shape index (κ3) is 3.71. The van der Waals surface area contributed by atoms with Crippen LogP contribution in [-0.4, -0.2) is 30.4 Å². The zero-order valence-corrected chi connectivity index (χ0v) is 8.54. The summed E-state index contributed by atoms with van der Waals surface area (Å²) in [4.78, 5) is 21.7. The van der Waals surface area contributed by atoms with Crippen molar-refractivity contribution in [3.8, 4) is 0 Å². The number of hydrogen-bond acceptors (Lipinski definition) is 4. The van der Waals surface area contributed by atoms with E-state index in [0.29, 0.717) is 12.8 Å². The van der Waals surface area contributed by atoms with E-state index in [0.717, 1.165) is 0 Å². The molecule has 6 nitrogen and oxygen atoms in total. The summed E-state index contributed by atoms with van der Waals surface area (Å²) in [6, 6.07) is -0.475. The van der Waals surface area contributed by atoms with Gasteiger partial charge in [-0.2, -0.15) is 0 Å². The first kappa shape index (κ1) is 12.9. The molecule has 0 aliphatic carbocycles. The van der Waals surface area contributed by atoms with Gasteiger partial charge in [-0.25, -0.2) is 0 Å². The summed E-state index contributed by atoms with van der Waals surface area (Å²) >= 11 is 0. The molecule has 0 bridgehead atoms. The van der Waals surface area contributed by atoms with Gasteiger partial charge in [0.1, 0.15) is 0 Å². The molecule has 0 rings (SSSR count). The van der Waals surface area contributed by atoms with E-state index >= 15 is 0 Å². The number of rotatable bonds is 6. The lowest BCUT2D eigenvalue weighted by atomic mass is 9.94. The van der Waals surface area contributed by atoms with E-state index in [1.807, 2.05) is 0 Å². The fourth-order valence-electron chi connectivity index (χ4n) is 0.996. The van der Waals surface area contributed by atoms with Crippen LogP contribution in [0.25, 0.3) is 0 Å². The first-order valence-corrected chi connectivity index (χ1v) is 4.36. The smallest absolute Gasteiger partial charge is 0.237 e. The molecule has 0 fully saturated rings. The molecule has 0 saturated carbocycles. The predicted octanol–water partition coefficient (Wildman–Crippen LogP) is -1.96. The van der Waals surface area contributed by atoms with Crippen molar-refractivity contribution in [1.82, 2.24) is 5.32 Å². The maximum atomic E-state index is 10.9. The molecule has 0 heterocycles. The Morgan fingerprint density at radius 3 is 2.21 bits per heavy atom. The van der Waals surface area contributed by atoms with Gasteiger partial charge < -0.3 is 22.5 Å². The highest BCUT2D eigenvalue weighted by Gasteiger charge is 2.27. The molecule has 2 amide bonds. The molecule has 14 heavy (non-hydrogen) atoms. The Balaban J connectivity index is 4.16. The van der Waals surface area contributed by atoms with Gasteiger partial charge in [0.15, 0.2) is 0 Å². The van der Waals surface area contributed by atoms with Gasteiger partial charge in [0, 0.05) is 0 Å². The van der Waals surface area contributed by atoms with Crippen LogP contribution in [0.3, 0.4) is 0 Å². The van der Waals surface area contributed by atoms with E-state index in [1.54, 1.807) is 7.05 Å². The average Bonchev–Trinajstić information content (AvgIpc) is 2.04. The van der Waals surface area contributed by atoms with E-state index in [-0.39, 0.29) is 0 Å². The minimum atomic E-state index is -1.09. The Bertz CT molecular complexity index is 227. The first-order chi connectivity index (χ1) is 6.31. The topological polar surface area (TPSA) is 124 Å². The third-order valence-corrected chi connectivity index (χ3v) is 2.21. The molecule has 82 valence electrons. The molecule has 0 saturated heterocycles. The van der Waals surface area contributed by atoms with Crippen LogP contribution < -0.4 is 22.5 Å². The number of likely N-dealkylation sites (N-methyl/N-ethyl adjacent to an activating group) is 1. The highest BCUT2D eigenvalue weighted by molar-refractivity contribution is 5.84. The maximum Gasteiger partial charge on any atom is 0.237 e. The Hall–Kier alpha value is -1.14. The molecule has 6 heteroatoms. The minimum Gasteiger partial charge on any atom is -0.368 e. The molecule has 0 aromatic heterocycles. The van der Waals surface area contributed by atoms with E-state index in [2.05, 4.69) is 5.32 Å². The number of nitrogens with two attached hydrogens (primary N) is 3. The summed E-state index contributed by atoms with van der Waals surface area (Å²) in [6.45, 7) is 1.53. The van der Waals surface area contributed by atoms with Gasteiger partial charge in [-0.1, -0.05) is 0 Å². The zero-order valence-electron chi connectivity index (χ0n) is 8.54. The van der Waals surface area contributed by atoms with Crippen molar-refractivity contribution in [3.05, 3.63) is 0 Å². The van der Waals surface area contributed by atoms with Crippen LogP contribution in [0, 0.1) is 0 Å². The standard InChI is InChI=1S/C8H18N4O2/c1-8(11,7(10)14)4-3-5(12-2)6(9)13/h5,12H,3-4,11H2,1-2H3,(H2,9,13)(H2,10,14). The number of primary amides is 2. The average molecular weight is 202 g/mol. The molecule has 0 aliphatic rings. The van der Waals surface area contributed by atoms with E-state index in [1.165, 1.54) is 6.92 Å². The van der Waals surface area contributed by atoms with Gasteiger partial charge in [-0.15, -0.1) is 0 Å². The second kappa shape index (κ2) is 4.92. The molecular formula is C8H18N4O2. The van der Waals surface area contributed by atoms with Crippen molar-refractivity contribution < 1.29 is 9.59 Å². The second-order valence-corrected chi connectivity index (χ2v) is 3.56. The molecule has 0 spiro atoms. The summed E-state index contributed by atoms with van der Waals surface area (Å²) in [6.07, 6.45) is 0.707. The molecular weight excluding hydrogens is 184 g/mol. The molecule has 7 N–H and O–H groups in total. The first-order valence-electron chi connectivity index (χ1n) is 4.36. The van der Waals surface area contributed by atoms with E-state index < -0.39 is 23.4 Å². The largest absolute Gasteiger partial charge is 0.368 e. The highest BCUT2D eigenvalue weighted by atomic mass is 16.2. The van der Waals surface area contributed by atoms with Crippen molar-refractivity contribution in [1.29, 1.82) is 0 Å². The SMILES string of the molecule is CNC(CCC(C)(N)C(N)=O)C(N)=O. The van der Waals surface area contributed by atoms with Crippen molar-refractivity contribution >= 4 is 11.8 Å². The van der Waals surface area contributed by atoms with Crippen LogP contribution in [0.4, 0.5) is 0 Å². The fourth-order valence-corrected chi connectivity index (χ4v) is 0.996. The predicted molar refractivity (Wildman–Crippen MR) is 53.1 cm³/mol. The molecule has 0 aromatic rings. The van der Waals surface area contributed by atoms with Gasteiger partial charge >= 0.3 is 0 Å². The van der Waals surface area contributed by atoms with Gasteiger partial charge in [-0.05, 0) is 26.8 Å². The third-order valence-electron chi connectivity index (χ3n) is 2.21. The lowest BCUT2D eigenvalue weighted by molar-refractivity contribution is -0.124. The van der Waals surface area contributed by atoms with Gasteiger partial charge in [0.05, 0.1) is 11.6 Å². The minimum absolute atomic E-state index is 0.316. The van der Waals surface area contributed by atoms with Crippen molar-refractivity contribution in [2.24, 2.45) is 17.2 Å². The van der Waals surface area contributed by atoms with Crippen LogP contribution in [0.1, 0.15) is 19.8 Å². The molecule has 0 radical (unpaired) electrons. The highest BCUT2D eigenvalue weighted by Crippen LogP contribution is 2.09. The van der Waals surface area contributed by atoms with Crippen LogP contribution in [0.2, 0.25) is 0 Å². The van der Waals surface area contributed by atoms with Crippen molar-refractivity contribution in [2.45, 2.75) is 31.3 Å². The Labute approximate surface area is 83.2 Å². The van der Waals surface area contributed by atoms with Crippen LogP contribution >= 0.6 is 0 Å². The van der Waals surface area contributed by atoms with Crippen molar-refractivity contribution in [2.75, 3.05) is 7.05 Å². The summed E-state index contributed by atoms with van der Waals surface area (Å²) in [7, 11) is 1.62. The number of carbonyl (C=O) groups excluding carboxylic acids is 2. The lowest BCUT2D eigenvalue weighted by Gasteiger charge is -2.22. The Kier molecular flexibility index (Phi) is 4.52. The summed E-state index contributed by atoms with van der Waals surface area (Å²) in [5.74, 6) is -1.05. The van der Waals surface area contributed by atoms with Crippen LogP contribution in [0.15, 0.2) is 0 Å². The molecule has 0 aromatic carbocycles. The number of nitrogens with one attached hydrogen (secondary N) is 1. The van der Waals surface area contributed by atoms with Gasteiger partial charge in [0.25, 0.3) is 0 Å². The normalized spacial score (nSPS) is 17.1. The van der Waals surface area contributed by atoms with Gasteiger partial charge in [-0.3, -0.25) is 9.59 Å². The van der Waals surface area contributed by atoms with E-state index in [9.17, 15) is 9.59 Å². The number of carbonyl (C=O) groups is 2. The summed E-state index contributed by atoms with van der Waals surface area (Å²) < 4.78 is 0. The van der Waals surface area contributed by atoms with Gasteiger partial charge in [0.2, 0.25) is 11.8 Å². The zero-order chi connectivity index (χ0) is 11.4.